The molecule has 0 radical (unpaired) electrons. The first kappa shape index (κ1) is 39.9. The van der Waals surface area contributed by atoms with Gasteiger partial charge in [-0.3, -0.25) is 4.99 Å². The van der Waals surface area contributed by atoms with Crippen LogP contribution in [0.3, 0.4) is 0 Å². The fourth-order valence-corrected chi connectivity index (χ4v) is 12.1. The predicted molar refractivity (Wildman–Crippen MR) is 297 cm³/mol. The van der Waals surface area contributed by atoms with Crippen LogP contribution in [0, 0.1) is 5.92 Å². The Morgan fingerprint density at radius 3 is 1.77 bits per heavy atom. The number of fused-ring (bicyclic) bond motifs is 12. The fraction of sp³-hybridized carbons (Fsp3) is 0.0606. The second-order valence-electron chi connectivity index (χ2n) is 19.1. The van der Waals surface area contributed by atoms with Crippen molar-refractivity contribution in [2.45, 2.75) is 19.4 Å². The van der Waals surface area contributed by atoms with E-state index < -0.39 is 0 Å². The van der Waals surface area contributed by atoms with Gasteiger partial charge in [0, 0.05) is 49.5 Å². The molecular formula is C66H44N4O. The van der Waals surface area contributed by atoms with Gasteiger partial charge in [-0.2, -0.15) is 0 Å². The van der Waals surface area contributed by atoms with E-state index in [4.69, 9.17) is 14.4 Å². The van der Waals surface area contributed by atoms with Crippen LogP contribution in [-0.4, -0.2) is 20.7 Å². The molecule has 4 heterocycles. The van der Waals surface area contributed by atoms with E-state index in [1.165, 1.54) is 59.4 Å². The summed E-state index contributed by atoms with van der Waals surface area (Å²) in [7, 11) is 0. The highest BCUT2D eigenvalue weighted by atomic mass is 16.3. The molecule has 2 unspecified atom stereocenters. The van der Waals surface area contributed by atoms with E-state index in [1.807, 2.05) is 0 Å². The van der Waals surface area contributed by atoms with Gasteiger partial charge >= 0.3 is 0 Å². The first-order valence-electron chi connectivity index (χ1n) is 24.7. The lowest BCUT2D eigenvalue weighted by molar-refractivity contribution is 0.536. The summed E-state index contributed by atoms with van der Waals surface area (Å²) in [5.74, 6) is 0.598. The van der Waals surface area contributed by atoms with Crippen molar-refractivity contribution in [3.05, 3.63) is 241 Å². The highest BCUT2D eigenvalue weighted by Crippen LogP contribution is 2.46. The van der Waals surface area contributed by atoms with Crippen LogP contribution in [0.15, 0.2) is 239 Å². The average molecular weight is 909 g/mol. The molecule has 71 heavy (non-hydrogen) atoms. The standard InChI is InChI=1S/C66H44N4O/c1-2-46-63(49-29-16-23-40-18-10-11-26-47(40)49)67-66(68-64(46)52-30-17-32-56-61(52)51-28-12-14-31-55(51)69(56)45-24-4-3-5-25-45)62-57(35-34-50-48-27-13-15-33-60(48)71-65(50)62)70-58-38-43-21-8-6-19-41(43)36-53(58)54-37-42-20-7-9-22-44(42)39-59(54)70/h3-39,46,64H,2H2,1H3. The minimum absolute atomic E-state index is 0.0571. The van der Waals surface area contributed by atoms with E-state index in [0.717, 1.165) is 78.6 Å². The number of aromatic nitrogens is 2. The van der Waals surface area contributed by atoms with Gasteiger partial charge in [0.1, 0.15) is 11.2 Å². The molecule has 0 fully saturated rings. The highest BCUT2D eigenvalue weighted by Gasteiger charge is 2.36. The Morgan fingerprint density at radius 1 is 0.451 bits per heavy atom. The normalized spacial score (nSPS) is 15.3. The first-order chi connectivity index (χ1) is 35.2. The average Bonchev–Trinajstić information content (AvgIpc) is 4.08. The van der Waals surface area contributed by atoms with E-state index >= 15 is 0 Å². The van der Waals surface area contributed by atoms with Gasteiger partial charge in [0.15, 0.2) is 5.84 Å². The van der Waals surface area contributed by atoms with E-state index in [0.29, 0.717) is 5.84 Å². The lowest BCUT2D eigenvalue weighted by Crippen LogP contribution is -2.29. The van der Waals surface area contributed by atoms with Crippen LogP contribution >= 0.6 is 0 Å². The SMILES string of the molecule is CCC1C(c2cccc3ccccc23)=NC(c2c(-n3c4cc5ccccc5cc4c4cc5ccccc5cc43)ccc3c2oc2ccccc23)=NC1c1cccc2c1c1ccccc1n2-c1ccccc1. The number of para-hydroxylation sites is 3. The molecule has 5 nitrogen and oxygen atoms in total. The van der Waals surface area contributed by atoms with Crippen molar-refractivity contribution in [2.75, 3.05) is 0 Å². The Kier molecular flexibility index (Phi) is 8.69. The van der Waals surface area contributed by atoms with E-state index in [9.17, 15) is 0 Å². The highest BCUT2D eigenvalue weighted by molar-refractivity contribution is 6.26. The summed E-state index contributed by atoms with van der Waals surface area (Å²) in [6.07, 6.45) is 0.825. The van der Waals surface area contributed by atoms with Crippen LogP contribution in [0.5, 0.6) is 0 Å². The van der Waals surface area contributed by atoms with Crippen LogP contribution < -0.4 is 0 Å². The summed E-state index contributed by atoms with van der Waals surface area (Å²) in [6.45, 7) is 2.30. The number of amidine groups is 1. The molecule has 0 amide bonds. The van der Waals surface area contributed by atoms with Gasteiger partial charge in [0.25, 0.3) is 0 Å². The molecule has 0 saturated heterocycles. The molecule has 1 aliphatic rings. The smallest absolute Gasteiger partial charge is 0.161 e. The van der Waals surface area contributed by atoms with Crippen LogP contribution in [0.1, 0.15) is 36.1 Å². The summed E-state index contributed by atoms with van der Waals surface area (Å²) in [4.78, 5) is 12.0. The molecule has 2 atom stereocenters. The molecule has 14 aromatic rings. The third kappa shape index (κ3) is 5.93. The largest absolute Gasteiger partial charge is 0.455 e. The third-order valence-electron chi connectivity index (χ3n) is 15.3. The van der Waals surface area contributed by atoms with E-state index in [2.05, 4.69) is 241 Å². The van der Waals surface area contributed by atoms with Gasteiger partial charge in [-0.05, 0) is 111 Å². The molecule has 3 aromatic heterocycles. The van der Waals surface area contributed by atoms with Crippen LogP contribution in [0.25, 0.3) is 109 Å². The third-order valence-corrected chi connectivity index (χ3v) is 15.3. The monoisotopic (exact) mass is 908 g/mol. The minimum Gasteiger partial charge on any atom is -0.455 e. The number of rotatable bonds is 6. The summed E-state index contributed by atoms with van der Waals surface area (Å²) in [6, 6.07) is 81.1. The van der Waals surface area contributed by atoms with Crippen molar-refractivity contribution >= 4 is 109 Å². The van der Waals surface area contributed by atoms with Gasteiger partial charge in [-0.15, -0.1) is 0 Å². The number of furan rings is 1. The van der Waals surface area contributed by atoms with Crippen molar-refractivity contribution < 1.29 is 4.42 Å². The Morgan fingerprint density at radius 2 is 1.04 bits per heavy atom. The van der Waals surface area contributed by atoms with Gasteiger partial charge in [0.2, 0.25) is 0 Å². The first-order valence-corrected chi connectivity index (χ1v) is 24.7. The summed E-state index contributed by atoms with van der Waals surface area (Å²) >= 11 is 0. The molecule has 0 saturated carbocycles. The topological polar surface area (TPSA) is 47.7 Å². The molecular weight excluding hydrogens is 865 g/mol. The Bertz CT molecular complexity index is 4490. The number of benzene rings is 11. The van der Waals surface area contributed by atoms with Crippen LogP contribution in [0.2, 0.25) is 0 Å². The molecule has 1 aliphatic heterocycles. The van der Waals surface area contributed by atoms with E-state index in [-0.39, 0.29) is 12.0 Å². The molecule has 0 spiro atoms. The maximum atomic E-state index is 7.16. The van der Waals surface area contributed by atoms with Gasteiger partial charge < -0.3 is 13.6 Å². The van der Waals surface area contributed by atoms with Gasteiger partial charge in [0.05, 0.1) is 45.1 Å². The van der Waals surface area contributed by atoms with Gasteiger partial charge in [-0.1, -0.05) is 165 Å². The van der Waals surface area contributed by atoms with Crippen LogP contribution in [-0.2, 0) is 0 Å². The zero-order valence-electron chi connectivity index (χ0n) is 38.9. The number of hydrogen-bond donors (Lipinski definition) is 0. The van der Waals surface area contributed by atoms with Crippen molar-refractivity contribution in [3.63, 3.8) is 0 Å². The molecule has 0 aliphatic carbocycles. The van der Waals surface area contributed by atoms with E-state index in [1.54, 1.807) is 0 Å². The number of nitrogens with zero attached hydrogens (tertiary/aromatic N) is 4. The van der Waals surface area contributed by atoms with Crippen molar-refractivity contribution in [2.24, 2.45) is 15.9 Å². The summed E-state index contributed by atoms with van der Waals surface area (Å²) in [5, 5.41) is 14.0. The van der Waals surface area contributed by atoms with Crippen LogP contribution in [0.4, 0.5) is 0 Å². The molecule has 15 rings (SSSR count). The second-order valence-corrected chi connectivity index (χ2v) is 19.1. The van der Waals surface area contributed by atoms with Crippen molar-refractivity contribution in [1.29, 1.82) is 0 Å². The lowest BCUT2D eigenvalue weighted by atomic mass is 9.80. The molecule has 11 aromatic carbocycles. The predicted octanol–water partition coefficient (Wildman–Crippen LogP) is 17.3. The Balaban J connectivity index is 1.09. The molecule has 0 bridgehead atoms. The summed E-state index contributed by atoms with van der Waals surface area (Å²) < 4.78 is 12.0. The second kappa shape index (κ2) is 15.5. The maximum Gasteiger partial charge on any atom is 0.161 e. The lowest BCUT2D eigenvalue weighted by Gasteiger charge is -2.31. The minimum atomic E-state index is -0.307. The van der Waals surface area contributed by atoms with Crippen molar-refractivity contribution in [1.82, 2.24) is 9.13 Å². The molecule has 5 heteroatoms. The molecule has 334 valence electrons. The maximum absolute atomic E-state index is 7.16. The fourth-order valence-electron chi connectivity index (χ4n) is 12.1. The Labute approximate surface area is 408 Å². The number of hydrogen-bond acceptors (Lipinski definition) is 3. The number of aliphatic imine (C=N–C) groups is 2. The zero-order chi connectivity index (χ0) is 46.7. The Hall–Kier alpha value is -9.06. The van der Waals surface area contributed by atoms with Gasteiger partial charge in [-0.25, -0.2) is 4.99 Å². The quantitative estimate of drug-likeness (QED) is 0.164. The zero-order valence-corrected chi connectivity index (χ0v) is 38.9. The summed E-state index contributed by atoms with van der Waals surface area (Å²) in [5.41, 5.74) is 12.4. The molecule has 0 N–H and O–H groups in total. The van der Waals surface area contributed by atoms with Crippen molar-refractivity contribution in [3.8, 4) is 11.4 Å².